The molecule has 16 heavy (non-hydrogen) atoms. The van der Waals surface area contributed by atoms with Crippen LogP contribution in [0.1, 0.15) is 37.2 Å². The van der Waals surface area contributed by atoms with Gasteiger partial charge in [0.1, 0.15) is 0 Å². The summed E-state index contributed by atoms with van der Waals surface area (Å²) in [6.45, 7) is 4.40. The molecule has 1 aromatic rings. The third-order valence-corrected chi connectivity index (χ3v) is 3.78. The molecule has 1 saturated carbocycles. The summed E-state index contributed by atoms with van der Waals surface area (Å²) in [7, 11) is 0. The number of halogens is 1. The van der Waals surface area contributed by atoms with E-state index >= 15 is 0 Å². The molecule has 1 aliphatic rings. The Morgan fingerprint density at radius 1 is 1.44 bits per heavy atom. The van der Waals surface area contributed by atoms with Crippen LogP contribution in [0, 0.1) is 11.8 Å². The van der Waals surface area contributed by atoms with E-state index in [9.17, 15) is 4.79 Å². The highest BCUT2D eigenvalue weighted by atomic mass is 35.5. The van der Waals surface area contributed by atoms with Crippen LogP contribution < -0.4 is 5.32 Å². The first kappa shape index (κ1) is 11.5. The number of furan rings is 1. The Hall–Kier alpha value is -0.960. The van der Waals surface area contributed by atoms with Gasteiger partial charge in [0.15, 0.2) is 11.0 Å². The summed E-state index contributed by atoms with van der Waals surface area (Å²) < 4.78 is 5.07. The lowest BCUT2D eigenvalue weighted by atomic mass is 9.98. The van der Waals surface area contributed by atoms with Gasteiger partial charge in [0.05, 0.1) is 0 Å². The van der Waals surface area contributed by atoms with Gasteiger partial charge in [-0.05, 0) is 48.4 Å². The highest BCUT2D eigenvalue weighted by Crippen LogP contribution is 2.31. The summed E-state index contributed by atoms with van der Waals surface area (Å²) in [5.74, 6) is 1.31. The van der Waals surface area contributed by atoms with E-state index in [1.807, 2.05) is 0 Å². The van der Waals surface area contributed by atoms with Crippen LogP contribution in [0.5, 0.6) is 0 Å². The molecule has 1 heterocycles. The Bertz CT molecular complexity index is 388. The minimum atomic E-state index is -0.169. The zero-order valence-electron chi connectivity index (χ0n) is 9.50. The lowest BCUT2D eigenvalue weighted by Gasteiger charge is -2.18. The standard InChI is InChI=1S/C12H16ClNO2/c1-7-3-4-9(8(7)2)14-12(15)10-5-6-11(13)16-10/h5-9H,3-4H2,1-2H3,(H,14,15). The first-order valence-corrected chi connectivity index (χ1v) is 6.02. The molecule has 0 aromatic carbocycles. The highest BCUT2D eigenvalue weighted by Gasteiger charge is 2.31. The second-order valence-corrected chi connectivity index (χ2v) is 4.97. The van der Waals surface area contributed by atoms with Crippen LogP contribution in [-0.4, -0.2) is 11.9 Å². The molecule has 1 aliphatic carbocycles. The van der Waals surface area contributed by atoms with E-state index in [0.29, 0.717) is 11.8 Å². The van der Waals surface area contributed by atoms with Gasteiger partial charge in [0, 0.05) is 6.04 Å². The highest BCUT2D eigenvalue weighted by molar-refractivity contribution is 6.29. The van der Waals surface area contributed by atoms with Crippen LogP contribution in [0.15, 0.2) is 16.5 Å². The summed E-state index contributed by atoms with van der Waals surface area (Å²) >= 11 is 5.63. The maximum absolute atomic E-state index is 11.8. The third kappa shape index (κ3) is 2.24. The van der Waals surface area contributed by atoms with Crippen LogP contribution in [0.4, 0.5) is 0 Å². The number of nitrogens with one attached hydrogen (secondary N) is 1. The molecule has 1 aromatic heterocycles. The molecule has 0 radical (unpaired) electrons. The summed E-state index contributed by atoms with van der Waals surface area (Å²) in [6, 6.07) is 3.43. The fourth-order valence-electron chi connectivity index (χ4n) is 2.24. The SMILES string of the molecule is CC1CCC(NC(=O)c2ccc(Cl)o2)C1C. The van der Waals surface area contributed by atoms with Crippen LogP contribution in [0.3, 0.4) is 0 Å². The van der Waals surface area contributed by atoms with Crippen molar-refractivity contribution in [2.75, 3.05) is 0 Å². The molecule has 1 fully saturated rings. The molecule has 88 valence electrons. The number of amides is 1. The van der Waals surface area contributed by atoms with Gasteiger partial charge >= 0.3 is 0 Å². The van der Waals surface area contributed by atoms with Crippen molar-refractivity contribution < 1.29 is 9.21 Å². The zero-order valence-corrected chi connectivity index (χ0v) is 10.3. The van der Waals surface area contributed by atoms with Crippen molar-refractivity contribution in [2.45, 2.75) is 32.7 Å². The molecule has 3 atom stereocenters. The molecule has 1 amide bonds. The Labute approximate surface area is 100 Å². The van der Waals surface area contributed by atoms with E-state index in [-0.39, 0.29) is 22.9 Å². The van der Waals surface area contributed by atoms with Crippen LogP contribution >= 0.6 is 11.6 Å². The van der Waals surface area contributed by atoms with Crippen LogP contribution in [-0.2, 0) is 0 Å². The summed E-state index contributed by atoms with van der Waals surface area (Å²) in [5, 5.41) is 3.25. The zero-order chi connectivity index (χ0) is 11.7. The predicted octanol–water partition coefficient (Wildman–Crippen LogP) is 3.10. The molecule has 3 nitrogen and oxygen atoms in total. The first-order chi connectivity index (χ1) is 7.58. The van der Waals surface area contributed by atoms with Crippen molar-refractivity contribution in [3.63, 3.8) is 0 Å². The third-order valence-electron chi connectivity index (χ3n) is 3.58. The molecule has 3 unspecified atom stereocenters. The maximum atomic E-state index is 11.8. The quantitative estimate of drug-likeness (QED) is 0.865. The number of carbonyl (C=O) groups excluding carboxylic acids is 1. The van der Waals surface area contributed by atoms with E-state index in [0.717, 1.165) is 6.42 Å². The Balaban J connectivity index is 1.98. The largest absolute Gasteiger partial charge is 0.440 e. The molecule has 1 N–H and O–H groups in total. The lowest BCUT2D eigenvalue weighted by molar-refractivity contribution is 0.0899. The fourth-order valence-corrected chi connectivity index (χ4v) is 2.39. The minimum Gasteiger partial charge on any atom is -0.440 e. The fraction of sp³-hybridized carbons (Fsp3) is 0.583. The van der Waals surface area contributed by atoms with E-state index in [2.05, 4.69) is 19.2 Å². The Morgan fingerprint density at radius 2 is 2.19 bits per heavy atom. The molecule has 2 rings (SSSR count). The van der Waals surface area contributed by atoms with E-state index in [4.69, 9.17) is 16.0 Å². The molecule has 0 saturated heterocycles. The molecular formula is C12H16ClNO2. The van der Waals surface area contributed by atoms with Gasteiger partial charge in [0.2, 0.25) is 0 Å². The minimum absolute atomic E-state index is 0.169. The number of hydrogen-bond donors (Lipinski definition) is 1. The number of rotatable bonds is 2. The average Bonchev–Trinajstić information content (AvgIpc) is 2.79. The topological polar surface area (TPSA) is 42.2 Å². The monoisotopic (exact) mass is 241 g/mol. The second-order valence-electron chi connectivity index (χ2n) is 4.60. The average molecular weight is 242 g/mol. The van der Waals surface area contributed by atoms with Gasteiger partial charge in [0.25, 0.3) is 5.91 Å². The van der Waals surface area contributed by atoms with E-state index in [1.165, 1.54) is 6.42 Å². The van der Waals surface area contributed by atoms with Crippen molar-refractivity contribution in [2.24, 2.45) is 11.8 Å². The van der Waals surface area contributed by atoms with Crippen molar-refractivity contribution in [1.29, 1.82) is 0 Å². The second kappa shape index (κ2) is 4.50. The first-order valence-electron chi connectivity index (χ1n) is 5.64. The van der Waals surface area contributed by atoms with Crippen molar-refractivity contribution in [3.05, 3.63) is 23.1 Å². The van der Waals surface area contributed by atoms with Gasteiger partial charge in [-0.15, -0.1) is 0 Å². The van der Waals surface area contributed by atoms with Gasteiger partial charge < -0.3 is 9.73 Å². The van der Waals surface area contributed by atoms with Gasteiger partial charge in [-0.3, -0.25) is 4.79 Å². The molecule has 0 aliphatic heterocycles. The lowest BCUT2D eigenvalue weighted by Crippen LogP contribution is -2.37. The van der Waals surface area contributed by atoms with Crippen molar-refractivity contribution in [3.8, 4) is 0 Å². The Morgan fingerprint density at radius 3 is 2.69 bits per heavy atom. The Kier molecular flexibility index (Phi) is 3.24. The van der Waals surface area contributed by atoms with Crippen LogP contribution in [0.25, 0.3) is 0 Å². The normalized spacial score (nSPS) is 29.3. The van der Waals surface area contributed by atoms with Gasteiger partial charge in [-0.1, -0.05) is 13.8 Å². The number of carbonyl (C=O) groups is 1. The summed E-state index contributed by atoms with van der Waals surface area (Å²) in [5.41, 5.74) is 0. The molecule has 0 bridgehead atoms. The molecular weight excluding hydrogens is 226 g/mol. The smallest absolute Gasteiger partial charge is 0.287 e. The van der Waals surface area contributed by atoms with E-state index < -0.39 is 0 Å². The number of hydrogen-bond acceptors (Lipinski definition) is 2. The summed E-state index contributed by atoms with van der Waals surface area (Å²) in [6.07, 6.45) is 2.22. The van der Waals surface area contributed by atoms with Gasteiger partial charge in [-0.25, -0.2) is 0 Å². The van der Waals surface area contributed by atoms with Crippen molar-refractivity contribution in [1.82, 2.24) is 5.32 Å². The maximum Gasteiger partial charge on any atom is 0.287 e. The van der Waals surface area contributed by atoms with Crippen LogP contribution in [0.2, 0.25) is 5.22 Å². The molecule has 4 heteroatoms. The van der Waals surface area contributed by atoms with Crippen molar-refractivity contribution >= 4 is 17.5 Å². The molecule has 0 spiro atoms. The predicted molar refractivity (Wildman–Crippen MR) is 62.5 cm³/mol. The van der Waals surface area contributed by atoms with E-state index in [1.54, 1.807) is 12.1 Å². The summed E-state index contributed by atoms with van der Waals surface area (Å²) in [4.78, 5) is 11.8. The van der Waals surface area contributed by atoms with Gasteiger partial charge in [-0.2, -0.15) is 0 Å².